The van der Waals surface area contributed by atoms with Gasteiger partial charge in [0.25, 0.3) is 0 Å². The zero-order valence-electron chi connectivity index (χ0n) is 15.0. The Morgan fingerprint density at radius 2 is 1.26 bits per heavy atom. The minimum absolute atomic E-state index is 0.399. The predicted octanol–water partition coefficient (Wildman–Crippen LogP) is 5.69. The SMILES string of the molecule is O=C(O)[C@@H](O)CCCCCCCCCCCC1CCCCCC1. The van der Waals surface area contributed by atoms with Crippen LogP contribution in [0.25, 0.3) is 0 Å². The lowest BCUT2D eigenvalue weighted by atomic mass is 9.93. The van der Waals surface area contributed by atoms with Crippen LogP contribution in [-0.2, 0) is 4.79 Å². The first-order valence-electron chi connectivity index (χ1n) is 10.1. The summed E-state index contributed by atoms with van der Waals surface area (Å²) in [6.45, 7) is 0. The molecular weight excluding hydrogens is 288 g/mol. The molecule has 1 fully saturated rings. The van der Waals surface area contributed by atoms with Gasteiger partial charge in [0.1, 0.15) is 0 Å². The van der Waals surface area contributed by atoms with Crippen LogP contribution in [-0.4, -0.2) is 22.3 Å². The van der Waals surface area contributed by atoms with Crippen LogP contribution in [0.1, 0.15) is 109 Å². The van der Waals surface area contributed by atoms with Crippen molar-refractivity contribution in [1.29, 1.82) is 0 Å². The van der Waals surface area contributed by atoms with E-state index < -0.39 is 12.1 Å². The van der Waals surface area contributed by atoms with Crippen molar-refractivity contribution >= 4 is 5.97 Å². The number of carbonyl (C=O) groups is 1. The van der Waals surface area contributed by atoms with Crippen LogP contribution in [0.4, 0.5) is 0 Å². The Morgan fingerprint density at radius 1 is 0.783 bits per heavy atom. The van der Waals surface area contributed by atoms with Gasteiger partial charge in [-0.3, -0.25) is 0 Å². The van der Waals surface area contributed by atoms with Crippen molar-refractivity contribution in [3.63, 3.8) is 0 Å². The van der Waals surface area contributed by atoms with E-state index in [1.54, 1.807) is 0 Å². The average molecular weight is 327 g/mol. The molecule has 3 nitrogen and oxygen atoms in total. The van der Waals surface area contributed by atoms with Gasteiger partial charge >= 0.3 is 5.97 Å². The van der Waals surface area contributed by atoms with Crippen molar-refractivity contribution in [2.45, 2.75) is 115 Å². The number of aliphatic carboxylic acids is 1. The number of carboxylic acid groups (broad SMARTS) is 1. The molecule has 0 bridgehead atoms. The van der Waals surface area contributed by atoms with E-state index in [-0.39, 0.29) is 0 Å². The molecule has 1 aliphatic carbocycles. The van der Waals surface area contributed by atoms with E-state index in [4.69, 9.17) is 10.2 Å². The highest BCUT2D eigenvalue weighted by Crippen LogP contribution is 2.27. The minimum atomic E-state index is -1.16. The summed E-state index contributed by atoms with van der Waals surface area (Å²) in [6.07, 6.45) is 20.7. The number of aliphatic hydroxyl groups excluding tert-OH is 1. The van der Waals surface area contributed by atoms with Crippen molar-refractivity contribution < 1.29 is 15.0 Å². The van der Waals surface area contributed by atoms with E-state index in [1.807, 2.05) is 0 Å². The van der Waals surface area contributed by atoms with Gasteiger partial charge in [0.2, 0.25) is 0 Å². The zero-order chi connectivity index (χ0) is 16.8. The fraction of sp³-hybridized carbons (Fsp3) is 0.950. The van der Waals surface area contributed by atoms with Gasteiger partial charge in [0.15, 0.2) is 6.10 Å². The number of hydrogen-bond acceptors (Lipinski definition) is 2. The third-order valence-corrected chi connectivity index (χ3v) is 5.35. The fourth-order valence-electron chi connectivity index (χ4n) is 3.78. The summed E-state index contributed by atoms with van der Waals surface area (Å²) in [5, 5.41) is 17.7. The molecule has 1 atom stereocenters. The minimum Gasteiger partial charge on any atom is -0.479 e. The second-order valence-electron chi connectivity index (χ2n) is 7.47. The number of aliphatic hydroxyl groups is 1. The first-order chi connectivity index (χ1) is 11.2. The molecule has 0 amide bonds. The molecule has 1 rings (SSSR count). The number of carboxylic acids is 1. The van der Waals surface area contributed by atoms with Crippen LogP contribution in [0.3, 0.4) is 0 Å². The third kappa shape index (κ3) is 11.6. The highest BCUT2D eigenvalue weighted by Gasteiger charge is 2.12. The summed E-state index contributed by atoms with van der Waals surface area (Å²) in [7, 11) is 0. The Balaban J connectivity index is 1.78. The molecule has 0 saturated heterocycles. The van der Waals surface area contributed by atoms with Crippen LogP contribution in [0, 0.1) is 5.92 Å². The number of unbranched alkanes of at least 4 members (excludes halogenated alkanes) is 8. The molecule has 0 radical (unpaired) electrons. The Hall–Kier alpha value is -0.570. The Labute approximate surface area is 142 Å². The lowest BCUT2D eigenvalue weighted by Crippen LogP contribution is -2.18. The zero-order valence-corrected chi connectivity index (χ0v) is 15.0. The summed E-state index contributed by atoms with van der Waals surface area (Å²) in [6, 6.07) is 0. The van der Waals surface area contributed by atoms with Crippen LogP contribution in [0.2, 0.25) is 0 Å². The van der Waals surface area contributed by atoms with Gasteiger partial charge in [-0.25, -0.2) is 4.79 Å². The molecule has 0 aromatic rings. The fourth-order valence-corrected chi connectivity index (χ4v) is 3.78. The number of rotatable bonds is 13. The molecule has 0 spiro atoms. The van der Waals surface area contributed by atoms with Gasteiger partial charge in [-0.05, 0) is 12.3 Å². The van der Waals surface area contributed by atoms with Gasteiger partial charge in [-0.1, -0.05) is 103 Å². The molecule has 136 valence electrons. The molecule has 0 unspecified atom stereocenters. The normalized spacial score (nSPS) is 17.8. The maximum Gasteiger partial charge on any atom is 0.332 e. The maximum atomic E-state index is 10.5. The largest absolute Gasteiger partial charge is 0.479 e. The first kappa shape index (κ1) is 20.5. The molecule has 0 aliphatic heterocycles. The Bertz CT molecular complexity index is 283. The molecule has 0 aromatic carbocycles. The first-order valence-corrected chi connectivity index (χ1v) is 10.1. The lowest BCUT2D eigenvalue weighted by Gasteiger charge is -2.13. The standard InChI is InChI=1S/C20H38O3/c21-19(20(22)23)17-13-7-5-3-1-2-4-6-10-14-18-15-11-8-9-12-16-18/h18-19,21H,1-17H2,(H,22,23)/t19-/m0/s1. The van der Waals surface area contributed by atoms with E-state index in [2.05, 4.69) is 0 Å². The highest BCUT2D eigenvalue weighted by atomic mass is 16.4. The van der Waals surface area contributed by atoms with Crippen molar-refractivity contribution in [1.82, 2.24) is 0 Å². The molecular formula is C20H38O3. The maximum absolute atomic E-state index is 10.5. The monoisotopic (exact) mass is 326 g/mol. The van der Waals surface area contributed by atoms with Gasteiger partial charge < -0.3 is 10.2 Å². The smallest absolute Gasteiger partial charge is 0.332 e. The molecule has 0 heterocycles. The van der Waals surface area contributed by atoms with Gasteiger partial charge in [0, 0.05) is 0 Å². The molecule has 0 aromatic heterocycles. The Kier molecular flexibility index (Phi) is 12.3. The molecule has 2 N–H and O–H groups in total. The topological polar surface area (TPSA) is 57.5 Å². The second kappa shape index (κ2) is 13.8. The van der Waals surface area contributed by atoms with Crippen molar-refractivity contribution in [3.05, 3.63) is 0 Å². The van der Waals surface area contributed by atoms with Crippen LogP contribution in [0.15, 0.2) is 0 Å². The van der Waals surface area contributed by atoms with Crippen LogP contribution in [0.5, 0.6) is 0 Å². The van der Waals surface area contributed by atoms with E-state index in [9.17, 15) is 4.79 Å². The summed E-state index contributed by atoms with van der Waals surface area (Å²) in [5.74, 6) is -0.0625. The quantitative estimate of drug-likeness (QED) is 0.337. The molecule has 1 aliphatic rings. The van der Waals surface area contributed by atoms with E-state index in [0.717, 1.165) is 18.8 Å². The summed E-state index contributed by atoms with van der Waals surface area (Å²) in [5.41, 5.74) is 0. The van der Waals surface area contributed by atoms with Gasteiger partial charge in [-0.2, -0.15) is 0 Å². The van der Waals surface area contributed by atoms with Gasteiger partial charge in [-0.15, -0.1) is 0 Å². The third-order valence-electron chi connectivity index (χ3n) is 5.35. The van der Waals surface area contributed by atoms with E-state index >= 15 is 0 Å². The molecule has 3 heteroatoms. The molecule has 23 heavy (non-hydrogen) atoms. The summed E-state index contributed by atoms with van der Waals surface area (Å²) < 4.78 is 0. The Morgan fingerprint density at radius 3 is 1.78 bits per heavy atom. The second-order valence-corrected chi connectivity index (χ2v) is 7.47. The predicted molar refractivity (Wildman–Crippen MR) is 95.6 cm³/mol. The molecule has 1 saturated carbocycles. The van der Waals surface area contributed by atoms with E-state index in [0.29, 0.717) is 6.42 Å². The van der Waals surface area contributed by atoms with Gasteiger partial charge in [0.05, 0.1) is 0 Å². The van der Waals surface area contributed by atoms with E-state index in [1.165, 1.54) is 89.9 Å². The lowest BCUT2D eigenvalue weighted by molar-refractivity contribution is -0.146. The highest BCUT2D eigenvalue weighted by molar-refractivity contribution is 5.71. The summed E-state index contributed by atoms with van der Waals surface area (Å²) >= 11 is 0. The van der Waals surface area contributed by atoms with Crippen molar-refractivity contribution in [2.75, 3.05) is 0 Å². The van der Waals surface area contributed by atoms with Crippen LogP contribution >= 0.6 is 0 Å². The summed E-state index contributed by atoms with van der Waals surface area (Å²) in [4.78, 5) is 10.5. The number of hydrogen-bond donors (Lipinski definition) is 2. The average Bonchev–Trinajstić information content (AvgIpc) is 2.81. The van der Waals surface area contributed by atoms with Crippen molar-refractivity contribution in [2.24, 2.45) is 5.92 Å². The van der Waals surface area contributed by atoms with Crippen molar-refractivity contribution in [3.8, 4) is 0 Å². The van der Waals surface area contributed by atoms with Crippen LogP contribution < -0.4 is 0 Å².